The maximum Gasteiger partial charge on any atom is 0.416 e. The molecule has 1 atom stereocenters. The van der Waals surface area contributed by atoms with Crippen molar-refractivity contribution in [1.29, 1.82) is 0 Å². The molecular weight excluding hydrogens is 536 g/mol. The largest absolute Gasteiger partial charge is 0.416 e. The first-order valence-corrected chi connectivity index (χ1v) is 12.7. The Balaban J connectivity index is 1.75. The maximum atomic E-state index is 14.1. The van der Waals surface area contributed by atoms with Crippen LogP contribution in [0.5, 0.6) is 0 Å². The highest BCUT2D eigenvalue weighted by molar-refractivity contribution is 6.02. The number of amides is 2. The number of carbonyl (C=O) groups is 2. The molecule has 0 fully saturated rings. The summed E-state index contributed by atoms with van der Waals surface area (Å²) in [5.41, 5.74) is 0.782. The SMILES string of the molecule is C#Cc1nn(-c2ccccc2)c(N(CC)C(=O)C(Cc2ccc(F)cc2)NC(=O)c2cccc(C(F)(F)F)c2)c1C. The number of halogens is 4. The molecule has 0 radical (unpaired) electrons. The summed E-state index contributed by atoms with van der Waals surface area (Å²) < 4.78 is 55.0. The van der Waals surface area contributed by atoms with Crippen LogP contribution in [0.2, 0.25) is 0 Å². The normalized spacial score (nSPS) is 11.9. The van der Waals surface area contributed by atoms with Gasteiger partial charge in [0.05, 0.1) is 11.3 Å². The molecule has 210 valence electrons. The third-order valence-corrected chi connectivity index (χ3v) is 6.48. The van der Waals surface area contributed by atoms with Crippen molar-refractivity contribution in [3.63, 3.8) is 0 Å². The van der Waals surface area contributed by atoms with Crippen LogP contribution in [0, 0.1) is 25.1 Å². The molecule has 4 aromatic rings. The molecule has 0 spiro atoms. The zero-order valence-electron chi connectivity index (χ0n) is 22.2. The number of carbonyl (C=O) groups excluding carboxylic acids is 2. The van der Waals surface area contributed by atoms with Gasteiger partial charge in [-0.15, -0.1) is 6.42 Å². The highest BCUT2D eigenvalue weighted by Gasteiger charge is 2.33. The van der Waals surface area contributed by atoms with Gasteiger partial charge < -0.3 is 5.32 Å². The maximum absolute atomic E-state index is 14.1. The van der Waals surface area contributed by atoms with Crippen molar-refractivity contribution in [2.75, 3.05) is 11.4 Å². The quantitative estimate of drug-likeness (QED) is 0.221. The second-order valence-electron chi connectivity index (χ2n) is 9.21. The second-order valence-corrected chi connectivity index (χ2v) is 9.21. The number of hydrogen-bond donors (Lipinski definition) is 1. The van der Waals surface area contributed by atoms with Gasteiger partial charge in [0, 0.05) is 24.1 Å². The highest BCUT2D eigenvalue weighted by Crippen LogP contribution is 2.30. The number of para-hydroxylation sites is 1. The number of nitrogens with one attached hydrogen (secondary N) is 1. The van der Waals surface area contributed by atoms with E-state index in [4.69, 9.17) is 6.42 Å². The molecule has 41 heavy (non-hydrogen) atoms. The Morgan fingerprint density at radius 1 is 1.05 bits per heavy atom. The van der Waals surface area contributed by atoms with E-state index < -0.39 is 35.4 Å². The van der Waals surface area contributed by atoms with Crippen molar-refractivity contribution in [2.45, 2.75) is 32.5 Å². The molecule has 10 heteroatoms. The van der Waals surface area contributed by atoms with Crippen molar-refractivity contribution in [3.05, 3.63) is 113 Å². The first kappa shape index (κ1) is 29.1. The average Bonchev–Trinajstić information content (AvgIpc) is 3.30. The summed E-state index contributed by atoms with van der Waals surface area (Å²) in [5.74, 6) is 0.998. The van der Waals surface area contributed by atoms with Crippen molar-refractivity contribution >= 4 is 17.6 Å². The lowest BCUT2D eigenvalue weighted by Crippen LogP contribution is -2.50. The summed E-state index contributed by atoms with van der Waals surface area (Å²) in [6.45, 7) is 3.61. The minimum Gasteiger partial charge on any atom is -0.340 e. The Bertz CT molecular complexity index is 1590. The van der Waals surface area contributed by atoms with E-state index in [1.165, 1.54) is 39.9 Å². The van der Waals surface area contributed by atoms with Gasteiger partial charge in [0.15, 0.2) is 0 Å². The molecule has 0 saturated heterocycles. The number of rotatable bonds is 8. The lowest BCUT2D eigenvalue weighted by atomic mass is 10.0. The van der Waals surface area contributed by atoms with Crippen LogP contribution in [0.25, 0.3) is 5.69 Å². The third kappa shape index (κ3) is 6.47. The molecule has 0 aliphatic rings. The molecule has 6 nitrogen and oxygen atoms in total. The molecule has 1 heterocycles. The van der Waals surface area contributed by atoms with Gasteiger partial charge in [0.1, 0.15) is 23.4 Å². The van der Waals surface area contributed by atoms with E-state index in [0.717, 1.165) is 18.2 Å². The van der Waals surface area contributed by atoms with Crippen LogP contribution < -0.4 is 10.2 Å². The van der Waals surface area contributed by atoms with Crippen LogP contribution in [0.1, 0.15) is 39.7 Å². The highest BCUT2D eigenvalue weighted by atomic mass is 19.4. The van der Waals surface area contributed by atoms with Crippen LogP contribution in [-0.4, -0.2) is 34.2 Å². The molecule has 1 unspecified atom stereocenters. The number of likely N-dealkylation sites (N-methyl/N-ethyl adjacent to an activating group) is 1. The fourth-order valence-corrected chi connectivity index (χ4v) is 4.42. The number of terminal acetylenes is 1. The molecule has 0 aliphatic carbocycles. The number of alkyl halides is 3. The Hall–Kier alpha value is -4.91. The molecule has 0 aliphatic heterocycles. The van der Waals surface area contributed by atoms with Crippen LogP contribution in [0.3, 0.4) is 0 Å². The number of hydrogen-bond acceptors (Lipinski definition) is 3. The number of aromatic nitrogens is 2. The van der Waals surface area contributed by atoms with Crippen molar-refractivity contribution < 1.29 is 27.2 Å². The van der Waals surface area contributed by atoms with Crippen molar-refractivity contribution in [1.82, 2.24) is 15.1 Å². The minimum absolute atomic E-state index is 0.0547. The summed E-state index contributed by atoms with van der Waals surface area (Å²) >= 11 is 0. The molecule has 1 aromatic heterocycles. The van der Waals surface area contributed by atoms with Gasteiger partial charge in [-0.2, -0.15) is 18.3 Å². The molecule has 3 aromatic carbocycles. The van der Waals surface area contributed by atoms with Gasteiger partial charge in [-0.1, -0.05) is 36.4 Å². The fourth-order valence-electron chi connectivity index (χ4n) is 4.42. The topological polar surface area (TPSA) is 67.2 Å². The standard InChI is InChI=1S/C31H26F4N4O2/c1-4-26-20(3)29(39(37-26)25-12-7-6-8-13-25)38(5-2)30(41)27(18-21-14-16-24(32)17-15-21)36-28(40)22-10-9-11-23(19-22)31(33,34)35/h1,6-17,19,27H,5,18H2,2-3H3,(H,36,40). The number of benzene rings is 3. The Morgan fingerprint density at radius 2 is 1.73 bits per heavy atom. The summed E-state index contributed by atoms with van der Waals surface area (Å²) in [6, 6.07) is 17.1. The first-order valence-electron chi connectivity index (χ1n) is 12.7. The third-order valence-electron chi connectivity index (χ3n) is 6.48. The summed E-state index contributed by atoms with van der Waals surface area (Å²) in [6.07, 6.45) is 0.972. The lowest BCUT2D eigenvalue weighted by molar-refractivity contribution is -0.137. The first-order chi connectivity index (χ1) is 19.5. The number of nitrogens with zero attached hydrogens (tertiary/aromatic N) is 3. The Morgan fingerprint density at radius 3 is 2.34 bits per heavy atom. The summed E-state index contributed by atoms with van der Waals surface area (Å²) in [4.78, 5) is 28.7. The molecule has 4 rings (SSSR count). The average molecular weight is 563 g/mol. The molecule has 2 amide bonds. The Labute approximate surface area is 234 Å². The van der Waals surface area contributed by atoms with E-state index in [1.807, 2.05) is 6.07 Å². The zero-order chi connectivity index (χ0) is 29.7. The smallest absolute Gasteiger partial charge is 0.340 e. The predicted molar refractivity (Wildman–Crippen MR) is 147 cm³/mol. The molecular formula is C31H26F4N4O2. The van der Waals surface area contributed by atoms with Gasteiger partial charge in [-0.3, -0.25) is 14.5 Å². The summed E-state index contributed by atoms with van der Waals surface area (Å²) in [7, 11) is 0. The predicted octanol–water partition coefficient (Wildman–Crippen LogP) is 5.71. The van der Waals surface area contributed by atoms with Crippen molar-refractivity contribution in [2.24, 2.45) is 0 Å². The minimum atomic E-state index is -4.65. The van der Waals surface area contributed by atoms with Crippen molar-refractivity contribution in [3.8, 4) is 18.0 Å². The van der Waals surface area contributed by atoms with Gasteiger partial charge in [0.25, 0.3) is 11.8 Å². The van der Waals surface area contributed by atoms with Crippen LogP contribution in [0.15, 0.2) is 78.9 Å². The van der Waals surface area contributed by atoms with E-state index in [-0.39, 0.29) is 18.5 Å². The molecule has 1 N–H and O–H groups in total. The van der Waals surface area contributed by atoms with Gasteiger partial charge in [-0.05, 0) is 67.8 Å². The zero-order valence-corrected chi connectivity index (χ0v) is 22.2. The van der Waals surface area contributed by atoms with Gasteiger partial charge in [0.2, 0.25) is 0 Å². The van der Waals surface area contributed by atoms with E-state index in [1.54, 1.807) is 38.1 Å². The van der Waals surface area contributed by atoms with Crippen LogP contribution >= 0.6 is 0 Å². The second kappa shape index (κ2) is 12.1. The van der Waals surface area contributed by atoms with Gasteiger partial charge in [-0.25, -0.2) is 9.07 Å². The monoisotopic (exact) mass is 562 g/mol. The molecule has 0 saturated carbocycles. The lowest BCUT2D eigenvalue weighted by Gasteiger charge is -2.28. The van der Waals surface area contributed by atoms with E-state index in [9.17, 15) is 27.2 Å². The van der Waals surface area contributed by atoms with Gasteiger partial charge >= 0.3 is 6.18 Å². The van der Waals surface area contributed by atoms with Crippen LogP contribution in [-0.2, 0) is 17.4 Å². The van der Waals surface area contributed by atoms with E-state index in [2.05, 4.69) is 16.3 Å². The van der Waals surface area contributed by atoms with Crippen LogP contribution in [0.4, 0.5) is 23.4 Å². The summed E-state index contributed by atoms with van der Waals surface area (Å²) in [5, 5.41) is 7.09. The number of anilines is 1. The van der Waals surface area contributed by atoms with E-state index >= 15 is 0 Å². The Kier molecular flexibility index (Phi) is 8.57. The van der Waals surface area contributed by atoms with E-state index in [0.29, 0.717) is 28.3 Å². The molecule has 0 bridgehead atoms. The fraction of sp³-hybridized carbons (Fsp3) is 0.194.